The minimum absolute atomic E-state index is 0.0762. The molecule has 0 bridgehead atoms. The molecule has 5 nitrogen and oxygen atoms in total. The van der Waals surface area contributed by atoms with E-state index in [4.69, 9.17) is 14.2 Å². The monoisotopic (exact) mass is 359 g/mol. The molecular weight excluding hydrogens is 338 g/mol. The Morgan fingerprint density at radius 2 is 1.88 bits per heavy atom. The van der Waals surface area contributed by atoms with Crippen molar-refractivity contribution in [1.29, 1.82) is 0 Å². The first-order valence-electron chi connectivity index (χ1n) is 8.04. The van der Waals surface area contributed by atoms with E-state index in [2.05, 4.69) is 0 Å². The molecule has 1 heterocycles. The second-order valence-electron chi connectivity index (χ2n) is 5.52. The predicted octanol–water partition coefficient (Wildman–Crippen LogP) is 3.36. The van der Waals surface area contributed by atoms with Gasteiger partial charge in [0.1, 0.15) is 29.2 Å². The number of hydrogen-bond acceptors (Lipinski definition) is 5. The van der Waals surface area contributed by atoms with E-state index in [9.17, 15) is 4.79 Å². The maximum absolute atomic E-state index is 12.3. The first-order chi connectivity index (χ1) is 12.2. The zero-order valence-electron chi connectivity index (χ0n) is 14.3. The minimum atomic E-state index is -0.0762. The van der Waals surface area contributed by atoms with Crippen LogP contribution in [0.3, 0.4) is 0 Å². The van der Waals surface area contributed by atoms with Crippen LogP contribution >= 0.6 is 11.8 Å². The Kier molecular flexibility index (Phi) is 5.71. The topological polar surface area (TPSA) is 48.0 Å². The van der Waals surface area contributed by atoms with Gasteiger partial charge in [0.15, 0.2) is 0 Å². The molecule has 1 fully saturated rings. The smallest absolute Gasteiger partial charge is 0.233 e. The zero-order chi connectivity index (χ0) is 17.6. The molecule has 25 heavy (non-hydrogen) atoms. The van der Waals surface area contributed by atoms with Gasteiger partial charge in [-0.05, 0) is 24.3 Å². The van der Waals surface area contributed by atoms with Crippen molar-refractivity contribution in [2.75, 3.05) is 33.1 Å². The number of ether oxygens (including phenoxy) is 3. The van der Waals surface area contributed by atoms with Crippen LogP contribution in [-0.2, 0) is 4.79 Å². The molecule has 1 unspecified atom stereocenters. The molecule has 1 amide bonds. The van der Waals surface area contributed by atoms with Crippen LogP contribution in [-0.4, -0.2) is 43.9 Å². The van der Waals surface area contributed by atoms with Crippen molar-refractivity contribution in [2.45, 2.75) is 5.37 Å². The summed E-state index contributed by atoms with van der Waals surface area (Å²) in [7, 11) is 3.25. The summed E-state index contributed by atoms with van der Waals surface area (Å²) in [5.41, 5.74) is 0.971. The molecule has 132 valence electrons. The summed E-state index contributed by atoms with van der Waals surface area (Å²) < 4.78 is 16.5. The molecule has 1 aliphatic rings. The van der Waals surface area contributed by atoms with Gasteiger partial charge in [0.25, 0.3) is 0 Å². The summed E-state index contributed by atoms with van der Waals surface area (Å²) in [6.45, 7) is 0.978. The van der Waals surface area contributed by atoms with Crippen LogP contribution in [0.4, 0.5) is 0 Å². The highest BCUT2D eigenvalue weighted by Gasteiger charge is 2.34. The van der Waals surface area contributed by atoms with Crippen molar-refractivity contribution in [3.8, 4) is 17.2 Å². The Morgan fingerprint density at radius 1 is 1.08 bits per heavy atom. The molecule has 3 rings (SSSR count). The van der Waals surface area contributed by atoms with Crippen LogP contribution in [0.5, 0.6) is 17.2 Å². The third-order valence-electron chi connectivity index (χ3n) is 4.02. The second kappa shape index (κ2) is 8.16. The molecule has 6 heteroatoms. The molecule has 0 aliphatic carbocycles. The van der Waals surface area contributed by atoms with Gasteiger partial charge in [-0.1, -0.05) is 18.2 Å². The third kappa shape index (κ3) is 4.02. The fourth-order valence-corrected chi connectivity index (χ4v) is 4.00. The standard InChI is InChI=1S/C19H21NO4S/c1-22-15-8-9-16(17(12-15)23-2)19-20(18(21)13-25-19)10-11-24-14-6-4-3-5-7-14/h3-9,12,19H,10-11,13H2,1-2H3. The minimum Gasteiger partial charge on any atom is -0.497 e. The van der Waals surface area contributed by atoms with Crippen molar-refractivity contribution in [3.05, 3.63) is 54.1 Å². The van der Waals surface area contributed by atoms with Gasteiger partial charge in [-0.25, -0.2) is 0 Å². The lowest BCUT2D eigenvalue weighted by Gasteiger charge is -2.25. The third-order valence-corrected chi connectivity index (χ3v) is 5.26. The molecule has 2 aromatic rings. The summed E-state index contributed by atoms with van der Waals surface area (Å²) in [5, 5.41) is -0.0762. The molecule has 1 atom stereocenters. The largest absolute Gasteiger partial charge is 0.497 e. The van der Waals surface area contributed by atoms with Gasteiger partial charge < -0.3 is 19.1 Å². The van der Waals surface area contributed by atoms with Crippen molar-refractivity contribution in [2.24, 2.45) is 0 Å². The fourth-order valence-electron chi connectivity index (χ4n) is 2.75. The lowest BCUT2D eigenvalue weighted by molar-refractivity contribution is -0.128. The van der Waals surface area contributed by atoms with E-state index >= 15 is 0 Å². The van der Waals surface area contributed by atoms with Gasteiger partial charge in [-0.3, -0.25) is 4.79 Å². The maximum atomic E-state index is 12.3. The van der Waals surface area contributed by atoms with Crippen molar-refractivity contribution >= 4 is 17.7 Å². The van der Waals surface area contributed by atoms with Gasteiger partial charge in [0.05, 0.1) is 26.5 Å². The van der Waals surface area contributed by atoms with Crippen LogP contribution in [0.25, 0.3) is 0 Å². The van der Waals surface area contributed by atoms with Crippen LogP contribution in [0, 0.1) is 0 Å². The van der Waals surface area contributed by atoms with Crippen molar-refractivity contribution < 1.29 is 19.0 Å². The number of carbonyl (C=O) groups is 1. The lowest BCUT2D eigenvalue weighted by atomic mass is 10.1. The van der Waals surface area contributed by atoms with E-state index in [1.54, 1.807) is 26.0 Å². The molecule has 1 saturated heterocycles. The Balaban J connectivity index is 1.71. The molecule has 0 N–H and O–H groups in total. The summed E-state index contributed by atoms with van der Waals surface area (Å²) in [5.74, 6) is 2.84. The molecule has 2 aromatic carbocycles. The Labute approximate surface area is 151 Å². The number of rotatable bonds is 7. The second-order valence-corrected chi connectivity index (χ2v) is 6.59. The molecule has 1 aliphatic heterocycles. The van der Waals surface area contributed by atoms with E-state index in [1.807, 2.05) is 53.4 Å². The van der Waals surface area contributed by atoms with Crippen LogP contribution in [0.1, 0.15) is 10.9 Å². The highest BCUT2D eigenvalue weighted by molar-refractivity contribution is 8.00. The molecule has 0 saturated carbocycles. The van der Waals surface area contributed by atoms with E-state index in [-0.39, 0.29) is 11.3 Å². The van der Waals surface area contributed by atoms with E-state index in [0.29, 0.717) is 18.9 Å². The van der Waals surface area contributed by atoms with Gasteiger partial charge in [-0.15, -0.1) is 11.8 Å². The van der Waals surface area contributed by atoms with Gasteiger partial charge in [-0.2, -0.15) is 0 Å². The zero-order valence-corrected chi connectivity index (χ0v) is 15.1. The number of para-hydroxylation sites is 1. The van der Waals surface area contributed by atoms with E-state index in [1.165, 1.54) is 0 Å². The number of carbonyl (C=O) groups excluding carboxylic acids is 1. The van der Waals surface area contributed by atoms with Gasteiger partial charge in [0.2, 0.25) is 5.91 Å². The van der Waals surface area contributed by atoms with E-state index in [0.717, 1.165) is 22.8 Å². The molecule has 0 aromatic heterocycles. The van der Waals surface area contributed by atoms with Crippen molar-refractivity contribution in [3.63, 3.8) is 0 Å². The average Bonchev–Trinajstić information content (AvgIpc) is 3.02. The van der Waals surface area contributed by atoms with Gasteiger partial charge >= 0.3 is 0 Å². The van der Waals surface area contributed by atoms with Crippen LogP contribution < -0.4 is 14.2 Å². The average molecular weight is 359 g/mol. The first kappa shape index (κ1) is 17.5. The van der Waals surface area contributed by atoms with Crippen LogP contribution in [0.2, 0.25) is 0 Å². The first-order valence-corrected chi connectivity index (χ1v) is 9.08. The predicted molar refractivity (Wildman–Crippen MR) is 98.4 cm³/mol. The molecular formula is C19H21NO4S. The highest BCUT2D eigenvalue weighted by atomic mass is 32.2. The van der Waals surface area contributed by atoms with Crippen molar-refractivity contribution in [1.82, 2.24) is 4.90 Å². The molecule has 0 radical (unpaired) electrons. The highest BCUT2D eigenvalue weighted by Crippen LogP contribution is 2.43. The Bertz CT molecular complexity index is 723. The SMILES string of the molecule is COc1ccc(C2SCC(=O)N2CCOc2ccccc2)c(OC)c1. The van der Waals surface area contributed by atoms with Gasteiger partial charge in [0, 0.05) is 11.6 Å². The number of benzene rings is 2. The fraction of sp³-hybridized carbons (Fsp3) is 0.316. The summed E-state index contributed by atoms with van der Waals surface area (Å²) in [6, 6.07) is 15.3. The maximum Gasteiger partial charge on any atom is 0.233 e. The quantitative estimate of drug-likeness (QED) is 0.759. The number of hydrogen-bond donors (Lipinski definition) is 0. The summed E-state index contributed by atoms with van der Waals surface area (Å²) in [6.07, 6.45) is 0. The Morgan fingerprint density at radius 3 is 2.60 bits per heavy atom. The van der Waals surface area contributed by atoms with E-state index < -0.39 is 0 Å². The summed E-state index contributed by atoms with van der Waals surface area (Å²) in [4.78, 5) is 14.2. The summed E-state index contributed by atoms with van der Waals surface area (Å²) >= 11 is 1.60. The molecule has 0 spiro atoms. The lowest BCUT2D eigenvalue weighted by Crippen LogP contribution is -2.32. The normalized spacial score (nSPS) is 16.8. The van der Waals surface area contributed by atoms with Crippen LogP contribution in [0.15, 0.2) is 48.5 Å². The number of nitrogens with zero attached hydrogens (tertiary/aromatic N) is 1. The Hall–Kier alpha value is -2.34. The number of methoxy groups -OCH3 is 2. The number of amides is 1. The number of thioether (sulfide) groups is 1.